The maximum atomic E-state index is 12.3. The Labute approximate surface area is 113 Å². The lowest BCUT2D eigenvalue weighted by Gasteiger charge is -2.20. The minimum Gasteiger partial charge on any atom is -0.339 e. The van der Waals surface area contributed by atoms with Crippen LogP contribution in [0.4, 0.5) is 5.69 Å². The molecular weight excluding hydrogens is 244 g/mol. The van der Waals surface area contributed by atoms with Gasteiger partial charge in [0.1, 0.15) is 0 Å². The van der Waals surface area contributed by atoms with E-state index in [1.54, 1.807) is 24.0 Å². The van der Waals surface area contributed by atoms with Crippen LogP contribution >= 0.6 is 0 Å². The molecule has 0 fully saturated rings. The molecule has 1 aromatic rings. The Morgan fingerprint density at radius 2 is 2.05 bits per heavy atom. The number of unbranched alkanes of at least 4 members (excludes halogenated alkanes) is 1. The minimum absolute atomic E-state index is 0.00241. The van der Waals surface area contributed by atoms with Crippen molar-refractivity contribution in [1.82, 2.24) is 4.90 Å². The van der Waals surface area contributed by atoms with E-state index in [4.69, 9.17) is 0 Å². The minimum atomic E-state index is -0.450. The molecule has 0 N–H and O–H groups in total. The van der Waals surface area contributed by atoms with E-state index in [0.29, 0.717) is 24.2 Å². The molecule has 0 aromatic heterocycles. The highest BCUT2D eigenvalue weighted by Gasteiger charge is 2.18. The third kappa shape index (κ3) is 3.77. The number of nitrogens with zero attached hydrogens (tertiary/aromatic N) is 2. The summed E-state index contributed by atoms with van der Waals surface area (Å²) in [6.07, 6.45) is 1.95. The molecule has 104 valence electrons. The van der Waals surface area contributed by atoms with E-state index in [2.05, 4.69) is 6.92 Å². The fourth-order valence-electron chi connectivity index (χ4n) is 1.87. The standard InChI is InChI=1S/C14H20N2O3/c1-4-6-9-15(5-2)14(17)12-8-7-11(3)13(10-12)16(18)19/h7-8,10H,4-6,9H2,1-3H3. The topological polar surface area (TPSA) is 63.5 Å². The smallest absolute Gasteiger partial charge is 0.273 e. The van der Waals surface area contributed by atoms with Gasteiger partial charge in [-0.15, -0.1) is 0 Å². The van der Waals surface area contributed by atoms with Gasteiger partial charge in [0.25, 0.3) is 11.6 Å². The Balaban J connectivity index is 2.98. The predicted molar refractivity (Wildman–Crippen MR) is 74.3 cm³/mol. The first-order valence-corrected chi connectivity index (χ1v) is 6.55. The van der Waals surface area contributed by atoms with Crippen LogP contribution in [0.5, 0.6) is 0 Å². The van der Waals surface area contributed by atoms with Crippen molar-refractivity contribution in [3.05, 3.63) is 39.4 Å². The van der Waals surface area contributed by atoms with Gasteiger partial charge >= 0.3 is 0 Å². The van der Waals surface area contributed by atoms with E-state index in [0.717, 1.165) is 12.8 Å². The van der Waals surface area contributed by atoms with E-state index in [-0.39, 0.29) is 11.6 Å². The van der Waals surface area contributed by atoms with Gasteiger partial charge in [0.2, 0.25) is 0 Å². The second kappa shape index (κ2) is 6.87. The van der Waals surface area contributed by atoms with Crippen LogP contribution in [0.3, 0.4) is 0 Å². The van der Waals surface area contributed by atoms with Gasteiger partial charge in [-0.05, 0) is 26.3 Å². The molecule has 1 rings (SSSR count). The summed E-state index contributed by atoms with van der Waals surface area (Å²) < 4.78 is 0. The summed E-state index contributed by atoms with van der Waals surface area (Å²) in [5.41, 5.74) is 0.950. The molecule has 0 bridgehead atoms. The second-order valence-electron chi connectivity index (χ2n) is 4.50. The molecule has 1 aromatic carbocycles. The number of nitro benzene ring substituents is 1. The monoisotopic (exact) mass is 264 g/mol. The van der Waals surface area contributed by atoms with Crippen molar-refractivity contribution < 1.29 is 9.72 Å². The van der Waals surface area contributed by atoms with Crippen molar-refractivity contribution in [1.29, 1.82) is 0 Å². The summed E-state index contributed by atoms with van der Waals surface area (Å²) in [7, 11) is 0. The van der Waals surface area contributed by atoms with Crippen molar-refractivity contribution in [2.24, 2.45) is 0 Å². The van der Waals surface area contributed by atoms with Gasteiger partial charge in [-0.2, -0.15) is 0 Å². The average molecular weight is 264 g/mol. The van der Waals surface area contributed by atoms with Crippen molar-refractivity contribution in [3.63, 3.8) is 0 Å². The van der Waals surface area contributed by atoms with Crippen molar-refractivity contribution in [2.75, 3.05) is 13.1 Å². The number of aryl methyl sites for hydroxylation is 1. The zero-order chi connectivity index (χ0) is 14.4. The first kappa shape index (κ1) is 15.1. The van der Waals surface area contributed by atoms with E-state index >= 15 is 0 Å². The highest BCUT2D eigenvalue weighted by atomic mass is 16.6. The summed E-state index contributed by atoms with van der Waals surface area (Å²) in [5, 5.41) is 10.9. The number of rotatable bonds is 6. The molecule has 0 saturated heterocycles. The second-order valence-corrected chi connectivity index (χ2v) is 4.50. The molecular formula is C14H20N2O3. The molecule has 1 amide bonds. The maximum Gasteiger partial charge on any atom is 0.273 e. The molecule has 0 heterocycles. The number of benzene rings is 1. The number of carbonyl (C=O) groups is 1. The van der Waals surface area contributed by atoms with E-state index < -0.39 is 4.92 Å². The number of hydrogen-bond donors (Lipinski definition) is 0. The average Bonchev–Trinajstić information content (AvgIpc) is 2.39. The molecule has 0 unspecified atom stereocenters. The number of amides is 1. The first-order chi connectivity index (χ1) is 9.01. The van der Waals surface area contributed by atoms with Crippen LogP contribution in [-0.4, -0.2) is 28.8 Å². The van der Waals surface area contributed by atoms with Crippen LogP contribution in [0.2, 0.25) is 0 Å². The lowest BCUT2D eigenvalue weighted by Crippen LogP contribution is -2.31. The van der Waals surface area contributed by atoms with Gasteiger partial charge in [0, 0.05) is 30.3 Å². The van der Waals surface area contributed by atoms with E-state index in [1.807, 2.05) is 6.92 Å². The fourth-order valence-corrected chi connectivity index (χ4v) is 1.87. The number of nitro groups is 1. The van der Waals surface area contributed by atoms with Gasteiger partial charge < -0.3 is 4.90 Å². The van der Waals surface area contributed by atoms with Crippen LogP contribution in [0.1, 0.15) is 42.6 Å². The highest BCUT2D eigenvalue weighted by Crippen LogP contribution is 2.20. The lowest BCUT2D eigenvalue weighted by atomic mass is 10.1. The van der Waals surface area contributed by atoms with Crippen LogP contribution in [0.15, 0.2) is 18.2 Å². The number of carbonyl (C=O) groups excluding carboxylic acids is 1. The molecule has 19 heavy (non-hydrogen) atoms. The molecule has 0 aliphatic carbocycles. The van der Waals surface area contributed by atoms with Gasteiger partial charge in [0.05, 0.1) is 4.92 Å². The SMILES string of the molecule is CCCCN(CC)C(=O)c1ccc(C)c([N+](=O)[O-])c1. The highest BCUT2D eigenvalue weighted by molar-refractivity contribution is 5.95. The number of hydrogen-bond acceptors (Lipinski definition) is 3. The van der Waals surface area contributed by atoms with Crippen LogP contribution < -0.4 is 0 Å². The van der Waals surface area contributed by atoms with E-state index in [9.17, 15) is 14.9 Å². The third-order valence-corrected chi connectivity index (χ3v) is 3.10. The van der Waals surface area contributed by atoms with Crippen LogP contribution in [0, 0.1) is 17.0 Å². The van der Waals surface area contributed by atoms with Gasteiger partial charge in [-0.1, -0.05) is 19.4 Å². The Morgan fingerprint density at radius 3 is 2.58 bits per heavy atom. The predicted octanol–water partition coefficient (Wildman–Crippen LogP) is 3.17. The zero-order valence-corrected chi connectivity index (χ0v) is 11.7. The quantitative estimate of drug-likeness (QED) is 0.585. The maximum absolute atomic E-state index is 12.3. The van der Waals surface area contributed by atoms with Gasteiger partial charge in [-0.3, -0.25) is 14.9 Å². The molecule has 5 heteroatoms. The van der Waals surface area contributed by atoms with Crippen LogP contribution in [0.25, 0.3) is 0 Å². The molecule has 0 radical (unpaired) electrons. The zero-order valence-electron chi connectivity index (χ0n) is 11.7. The van der Waals surface area contributed by atoms with Crippen molar-refractivity contribution >= 4 is 11.6 Å². The summed E-state index contributed by atoms with van der Waals surface area (Å²) in [5.74, 6) is -0.140. The van der Waals surface area contributed by atoms with Crippen molar-refractivity contribution in [2.45, 2.75) is 33.6 Å². The summed E-state index contributed by atoms with van der Waals surface area (Å²) >= 11 is 0. The Bertz CT molecular complexity index is 472. The summed E-state index contributed by atoms with van der Waals surface area (Å²) in [6.45, 7) is 6.94. The fraction of sp³-hybridized carbons (Fsp3) is 0.500. The van der Waals surface area contributed by atoms with Gasteiger partial charge in [-0.25, -0.2) is 0 Å². The first-order valence-electron chi connectivity index (χ1n) is 6.55. The molecule has 0 aliphatic heterocycles. The Morgan fingerprint density at radius 1 is 1.37 bits per heavy atom. The Hall–Kier alpha value is -1.91. The molecule has 0 atom stereocenters. The summed E-state index contributed by atoms with van der Waals surface area (Å²) in [6, 6.07) is 4.64. The molecule has 0 spiro atoms. The largest absolute Gasteiger partial charge is 0.339 e. The van der Waals surface area contributed by atoms with Crippen molar-refractivity contribution in [3.8, 4) is 0 Å². The molecule has 0 saturated carbocycles. The third-order valence-electron chi connectivity index (χ3n) is 3.10. The molecule has 0 aliphatic rings. The van der Waals surface area contributed by atoms with E-state index in [1.165, 1.54) is 6.07 Å². The summed E-state index contributed by atoms with van der Waals surface area (Å²) in [4.78, 5) is 24.4. The van der Waals surface area contributed by atoms with Crippen LogP contribution in [-0.2, 0) is 0 Å². The normalized spacial score (nSPS) is 10.3. The lowest BCUT2D eigenvalue weighted by molar-refractivity contribution is -0.385. The molecule has 5 nitrogen and oxygen atoms in total. The van der Waals surface area contributed by atoms with Gasteiger partial charge in [0.15, 0.2) is 0 Å². The Kier molecular flexibility index (Phi) is 5.48.